The van der Waals surface area contributed by atoms with Gasteiger partial charge in [-0.2, -0.15) is 0 Å². The van der Waals surface area contributed by atoms with Crippen LogP contribution in [0.2, 0.25) is 0 Å². The van der Waals surface area contributed by atoms with Crippen molar-refractivity contribution in [1.82, 2.24) is 0 Å². The third kappa shape index (κ3) is 1.52. The molecule has 0 heterocycles. The van der Waals surface area contributed by atoms with Crippen LogP contribution in [0.25, 0.3) is 0 Å². The van der Waals surface area contributed by atoms with E-state index in [1.54, 1.807) is 0 Å². The number of aliphatic hydroxyl groups is 1. The largest absolute Gasteiger partial charge is 0.385 e. The molecule has 0 aromatic rings. The summed E-state index contributed by atoms with van der Waals surface area (Å²) in [6, 6.07) is 0. The first-order valence-electron chi connectivity index (χ1n) is 4.48. The fraction of sp³-hybridized carbons (Fsp3) is 0.889. The van der Waals surface area contributed by atoms with Gasteiger partial charge >= 0.3 is 0 Å². The number of hydrogen-bond acceptors (Lipinski definition) is 3. The summed E-state index contributed by atoms with van der Waals surface area (Å²) >= 11 is 0. The van der Waals surface area contributed by atoms with Crippen molar-refractivity contribution in [2.45, 2.75) is 32.3 Å². The van der Waals surface area contributed by atoms with Crippen LogP contribution in [0.15, 0.2) is 0 Å². The average molecular weight is 171 g/mol. The first kappa shape index (κ1) is 9.68. The zero-order chi connectivity index (χ0) is 9.19. The summed E-state index contributed by atoms with van der Waals surface area (Å²) in [7, 11) is 0. The Morgan fingerprint density at radius 3 is 2.83 bits per heavy atom. The molecule has 3 nitrogen and oxygen atoms in total. The molecule has 3 atom stereocenters. The molecule has 0 aromatic heterocycles. The molecule has 1 aliphatic rings. The second-order valence-corrected chi connectivity index (χ2v) is 4.00. The SMILES string of the molecule is CC1CCC(CN)(C(O)C=O)C1. The van der Waals surface area contributed by atoms with Crippen LogP contribution < -0.4 is 5.73 Å². The van der Waals surface area contributed by atoms with E-state index in [0.29, 0.717) is 18.7 Å². The minimum Gasteiger partial charge on any atom is -0.385 e. The number of nitrogens with two attached hydrogens (primary N) is 1. The summed E-state index contributed by atoms with van der Waals surface area (Å²) in [6.45, 7) is 2.55. The summed E-state index contributed by atoms with van der Waals surface area (Å²) in [6.07, 6.45) is 2.58. The van der Waals surface area contributed by atoms with Crippen LogP contribution in [0.5, 0.6) is 0 Å². The molecule has 0 spiro atoms. The van der Waals surface area contributed by atoms with Crippen molar-refractivity contribution < 1.29 is 9.90 Å². The van der Waals surface area contributed by atoms with E-state index < -0.39 is 6.10 Å². The van der Waals surface area contributed by atoms with Gasteiger partial charge < -0.3 is 15.6 Å². The van der Waals surface area contributed by atoms with E-state index in [1.807, 2.05) is 0 Å². The molecule has 0 radical (unpaired) electrons. The number of aldehydes is 1. The van der Waals surface area contributed by atoms with Crippen molar-refractivity contribution in [1.29, 1.82) is 0 Å². The van der Waals surface area contributed by atoms with Gasteiger partial charge in [-0.05, 0) is 18.8 Å². The predicted molar refractivity (Wildman–Crippen MR) is 46.6 cm³/mol. The van der Waals surface area contributed by atoms with Crippen LogP contribution in [0.4, 0.5) is 0 Å². The highest BCUT2D eigenvalue weighted by Crippen LogP contribution is 2.42. The molecule has 3 N–H and O–H groups in total. The lowest BCUT2D eigenvalue weighted by Crippen LogP contribution is -2.40. The Bertz CT molecular complexity index is 172. The lowest BCUT2D eigenvalue weighted by molar-refractivity contribution is -0.121. The number of carbonyl (C=O) groups is 1. The number of hydrogen-bond donors (Lipinski definition) is 2. The summed E-state index contributed by atoms with van der Waals surface area (Å²) in [5.74, 6) is 0.586. The smallest absolute Gasteiger partial charge is 0.149 e. The lowest BCUT2D eigenvalue weighted by Gasteiger charge is -2.29. The normalized spacial score (nSPS) is 38.1. The third-order valence-corrected chi connectivity index (χ3v) is 3.05. The molecule has 0 aromatic carbocycles. The summed E-state index contributed by atoms with van der Waals surface area (Å²) < 4.78 is 0. The lowest BCUT2D eigenvalue weighted by atomic mass is 9.80. The summed E-state index contributed by atoms with van der Waals surface area (Å²) in [5, 5.41) is 9.48. The summed E-state index contributed by atoms with van der Waals surface area (Å²) in [5.41, 5.74) is 5.27. The van der Waals surface area contributed by atoms with Gasteiger partial charge in [-0.1, -0.05) is 13.3 Å². The Morgan fingerprint density at radius 1 is 1.83 bits per heavy atom. The van der Waals surface area contributed by atoms with Crippen LogP contribution in [0, 0.1) is 11.3 Å². The van der Waals surface area contributed by atoms with Gasteiger partial charge in [0.1, 0.15) is 12.4 Å². The molecule has 12 heavy (non-hydrogen) atoms. The van der Waals surface area contributed by atoms with Gasteiger partial charge in [0.05, 0.1) is 0 Å². The third-order valence-electron chi connectivity index (χ3n) is 3.05. The van der Waals surface area contributed by atoms with Gasteiger partial charge in [0, 0.05) is 12.0 Å². The second-order valence-electron chi connectivity index (χ2n) is 4.00. The minimum atomic E-state index is -0.868. The van der Waals surface area contributed by atoms with Crippen molar-refractivity contribution in [2.75, 3.05) is 6.54 Å². The van der Waals surface area contributed by atoms with E-state index in [2.05, 4.69) is 6.92 Å². The van der Waals surface area contributed by atoms with Crippen LogP contribution >= 0.6 is 0 Å². The number of rotatable bonds is 3. The van der Waals surface area contributed by atoms with E-state index >= 15 is 0 Å². The molecule has 1 fully saturated rings. The summed E-state index contributed by atoms with van der Waals surface area (Å²) in [4.78, 5) is 10.5. The Morgan fingerprint density at radius 2 is 2.50 bits per heavy atom. The van der Waals surface area contributed by atoms with Crippen LogP contribution in [-0.2, 0) is 4.79 Å². The highest BCUT2D eigenvalue weighted by atomic mass is 16.3. The average Bonchev–Trinajstić information content (AvgIpc) is 2.47. The van der Waals surface area contributed by atoms with Crippen molar-refractivity contribution in [3.8, 4) is 0 Å². The second kappa shape index (κ2) is 3.54. The van der Waals surface area contributed by atoms with E-state index in [1.165, 1.54) is 0 Å². The minimum absolute atomic E-state index is 0.318. The Kier molecular flexibility index (Phi) is 2.85. The van der Waals surface area contributed by atoms with Crippen LogP contribution in [0.1, 0.15) is 26.2 Å². The van der Waals surface area contributed by atoms with Gasteiger partial charge in [0.25, 0.3) is 0 Å². The zero-order valence-corrected chi connectivity index (χ0v) is 7.49. The topological polar surface area (TPSA) is 63.3 Å². The standard InChI is InChI=1S/C9H17NO2/c1-7-2-3-9(4-7,6-10)8(12)5-11/h5,7-8,12H,2-4,6,10H2,1H3. The maximum Gasteiger partial charge on any atom is 0.149 e. The fourth-order valence-corrected chi connectivity index (χ4v) is 2.15. The highest BCUT2D eigenvalue weighted by molar-refractivity contribution is 5.57. The molecule has 1 rings (SSSR count). The van der Waals surface area contributed by atoms with Gasteiger partial charge in [0.15, 0.2) is 0 Å². The number of carbonyl (C=O) groups excluding carboxylic acids is 1. The maximum atomic E-state index is 10.5. The molecule has 0 aliphatic heterocycles. The maximum absolute atomic E-state index is 10.5. The highest BCUT2D eigenvalue weighted by Gasteiger charge is 2.42. The monoisotopic (exact) mass is 171 g/mol. The Hall–Kier alpha value is -0.410. The fourth-order valence-electron chi connectivity index (χ4n) is 2.15. The molecule has 1 aliphatic carbocycles. The van der Waals surface area contributed by atoms with Gasteiger partial charge in [-0.15, -0.1) is 0 Å². The van der Waals surface area contributed by atoms with Crippen molar-refractivity contribution >= 4 is 6.29 Å². The van der Waals surface area contributed by atoms with Crippen LogP contribution in [-0.4, -0.2) is 24.0 Å². The first-order valence-corrected chi connectivity index (χ1v) is 4.48. The van der Waals surface area contributed by atoms with E-state index in [9.17, 15) is 9.90 Å². The van der Waals surface area contributed by atoms with Crippen molar-refractivity contribution in [3.05, 3.63) is 0 Å². The predicted octanol–water partition coefficient (Wildman–Crippen LogP) is 0.311. The van der Waals surface area contributed by atoms with Gasteiger partial charge in [-0.25, -0.2) is 0 Å². The molecule has 0 saturated heterocycles. The Balaban J connectivity index is 2.70. The molecular formula is C9H17NO2. The van der Waals surface area contributed by atoms with E-state index in [0.717, 1.165) is 19.3 Å². The van der Waals surface area contributed by atoms with Crippen molar-refractivity contribution in [3.63, 3.8) is 0 Å². The molecule has 3 heteroatoms. The molecular weight excluding hydrogens is 154 g/mol. The Labute approximate surface area is 72.9 Å². The molecule has 0 bridgehead atoms. The molecule has 70 valence electrons. The van der Waals surface area contributed by atoms with Gasteiger partial charge in [-0.3, -0.25) is 0 Å². The number of aliphatic hydroxyl groups excluding tert-OH is 1. The van der Waals surface area contributed by atoms with Crippen LogP contribution in [0.3, 0.4) is 0 Å². The molecule has 0 amide bonds. The molecule has 3 unspecified atom stereocenters. The van der Waals surface area contributed by atoms with E-state index in [-0.39, 0.29) is 5.41 Å². The zero-order valence-electron chi connectivity index (χ0n) is 7.49. The van der Waals surface area contributed by atoms with E-state index in [4.69, 9.17) is 5.73 Å². The van der Waals surface area contributed by atoms with Crippen molar-refractivity contribution in [2.24, 2.45) is 17.1 Å². The van der Waals surface area contributed by atoms with Gasteiger partial charge in [0.2, 0.25) is 0 Å². The quantitative estimate of drug-likeness (QED) is 0.601. The first-order chi connectivity index (χ1) is 5.64. The molecule has 1 saturated carbocycles.